The van der Waals surface area contributed by atoms with Gasteiger partial charge in [0.15, 0.2) is 0 Å². The first-order valence-electron chi connectivity index (χ1n) is 6.67. The van der Waals surface area contributed by atoms with Crippen LogP contribution in [-0.2, 0) is 23.1 Å². The van der Waals surface area contributed by atoms with Crippen molar-refractivity contribution >= 4 is 17.4 Å². The molecular weight excluding hydrogens is 266 g/mol. The van der Waals surface area contributed by atoms with Crippen molar-refractivity contribution < 1.29 is 4.79 Å². The Kier molecular flexibility index (Phi) is 2.31. The lowest BCUT2D eigenvalue weighted by molar-refractivity contribution is -0.120. The van der Waals surface area contributed by atoms with Gasteiger partial charge >= 0.3 is 0 Å². The summed E-state index contributed by atoms with van der Waals surface area (Å²) in [4.78, 5) is 19.5. The van der Waals surface area contributed by atoms with E-state index in [-0.39, 0.29) is 5.91 Å². The van der Waals surface area contributed by atoms with Gasteiger partial charge < -0.3 is 5.32 Å². The number of hydrogen-bond donors (Lipinski definition) is 1. The molecule has 6 heteroatoms. The Morgan fingerprint density at radius 1 is 1.29 bits per heavy atom. The number of hydrogen-bond acceptors (Lipinski definition) is 3. The molecule has 6 nitrogen and oxygen atoms in total. The highest BCUT2D eigenvalue weighted by atomic mass is 16.2. The van der Waals surface area contributed by atoms with Gasteiger partial charge in [0.25, 0.3) is 0 Å². The average Bonchev–Trinajstić information content (AvgIpc) is 2.99. The zero-order valence-corrected chi connectivity index (χ0v) is 11.1. The first kappa shape index (κ1) is 11.9. The van der Waals surface area contributed by atoms with E-state index >= 15 is 0 Å². The van der Waals surface area contributed by atoms with Gasteiger partial charge in [0.1, 0.15) is 5.82 Å². The fraction of sp³-hybridized carbons (Fsp3) is 0.200. The molecule has 1 aliphatic carbocycles. The van der Waals surface area contributed by atoms with Gasteiger partial charge in [0.2, 0.25) is 5.91 Å². The Labute approximate surface area is 120 Å². The first-order chi connectivity index (χ1) is 10.2. The summed E-state index contributed by atoms with van der Waals surface area (Å²) in [5, 5.41) is 6.50. The quantitative estimate of drug-likeness (QED) is 0.493. The third-order valence-corrected chi connectivity index (χ3v) is 4.32. The largest absolute Gasteiger partial charge is 0.310 e. The minimum absolute atomic E-state index is 0.00210. The van der Waals surface area contributed by atoms with Gasteiger partial charge in [0.05, 0.1) is 5.41 Å². The molecule has 1 aliphatic heterocycles. The average molecular weight is 277 g/mol. The Balaban J connectivity index is 1.83. The molecule has 1 aromatic heterocycles. The van der Waals surface area contributed by atoms with E-state index < -0.39 is 5.41 Å². The maximum absolute atomic E-state index is 12.5. The number of benzene rings is 1. The van der Waals surface area contributed by atoms with Crippen molar-refractivity contribution in [3.63, 3.8) is 0 Å². The fourth-order valence-corrected chi connectivity index (χ4v) is 3.37. The fourth-order valence-electron chi connectivity index (χ4n) is 3.37. The van der Waals surface area contributed by atoms with Gasteiger partial charge in [-0.2, -0.15) is 0 Å². The summed E-state index contributed by atoms with van der Waals surface area (Å²) in [6.45, 7) is 0. The van der Waals surface area contributed by atoms with Crippen molar-refractivity contribution in [1.82, 2.24) is 4.98 Å². The van der Waals surface area contributed by atoms with E-state index in [1.165, 1.54) is 0 Å². The second-order valence-corrected chi connectivity index (χ2v) is 5.43. The second-order valence-electron chi connectivity index (χ2n) is 5.43. The monoisotopic (exact) mass is 277 g/mol. The van der Waals surface area contributed by atoms with Gasteiger partial charge in [0, 0.05) is 22.4 Å². The Morgan fingerprint density at radius 2 is 2.14 bits per heavy atom. The number of rotatable bonds is 1. The van der Waals surface area contributed by atoms with Crippen LogP contribution in [0.5, 0.6) is 0 Å². The number of pyridine rings is 1. The SMILES string of the molecule is [N-]=[N+]=Nc1ccc2c(c1)CC1(C2)C(=O)Nc2ncccc21. The van der Waals surface area contributed by atoms with E-state index in [1.807, 2.05) is 24.3 Å². The van der Waals surface area contributed by atoms with Crippen molar-refractivity contribution in [2.75, 3.05) is 5.32 Å². The number of amides is 1. The standard InChI is InChI=1S/C15H11N5O/c16-20-19-11-4-3-9-7-15(8-10(9)6-11)12-2-1-5-17-13(12)18-14(15)21/h1-6H,7-8H2,(H,17,18,21). The number of aromatic nitrogens is 1. The molecule has 102 valence electrons. The maximum atomic E-state index is 12.5. The van der Waals surface area contributed by atoms with Gasteiger partial charge in [-0.25, -0.2) is 4.98 Å². The molecule has 2 aliphatic rings. The zero-order chi connectivity index (χ0) is 14.4. The van der Waals surface area contributed by atoms with Gasteiger partial charge in [-0.1, -0.05) is 23.3 Å². The van der Waals surface area contributed by atoms with Crippen LogP contribution >= 0.6 is 0 Å². The number of carbonyl (C=O) groups is 1. The lowest BCUT2D eigenvalue weighted by Crippen LogP contribution is -2.35. The molecule has 0 fully saturated rings. The van der Waals surface area contributed by atoms with E-state index in [2.05, 4.69) is 20.3 Å². The molecule has 1 N–H and O–H groups in total. The molecule has 1 atom stereocenters. The molecule has 2 aromatic rings. The summed E-state index contributed by atoms with van der Waals surface area (Å²) >= 11 is 0. The number of carbonyl (C=O) groups excluding carboxylic acids is 1. The van der Waals surface area contributed by atoms with E-state index in [0.717, 1.165) is 16.7 Å². The lowest BCUT2D eigenvalue weighted by Gasteiger charge is -2.20. The molecule has 1 amide bonds. The van der Waals surface area contributed by atoms with Crippen LogP contribution in [0.3, 0.4) is 0 Å². The van der Waals surface area contributed by atoms with E-state index in [0.29, 0.717) is 24.3 Å². The lowest BCUT2D eigenvalue weighted by atomic mass is 9.79. The van der Waals surface area contributed by atoms with E-state index in [1.54, 1.807) is 12.3 Å². The third kappa shape index (κ3) is 1.57. The van der Waals surface area contributed by atoms with Crippen LogP contribution in [-0.4, -0.2) is 10.9 Å². The van der Waals surface area contributed by atoms with Crippen molar-refractivity contribution in [3.05, 3.63) is 63.7 Å². The van der Waals surface area contributed by atoms with Crippen molar-refractivity contribution in [2.24, 2.45) is 5.11 Å². The van der Waals surface area contributed by atoms with Crippen LogP contribution in [0.15, 0.2) is 41.6 Å². The van der Waals surface area contributed by atoms with Crippen LogP contribution in [0.25, 0.3) is 10.4 Å². The summed E-state index contributed by atoms with van der Waals surface area (Å²) in [7, 11) is 0. The predicted octanol–water partition coefficient (Wildman–Crippen LogP) is 3.01. The van der Waals surface area contributed by atoms with Crippen molar-refractivity contribution in [3.8, 4) is 0 Å². The molecule has 21 heavy (non-hydrogen) atoms. The van der Waals surface area contributed by atoms with Gasteiger partial charge in [-0.15, -0.1) is 0 Å². The van der Waals surface area contributed by atoms with Crippen LogP contribution in [0.2, 0.25) is 0 Å². The number of azide groups is 1. The molecule has 0 bridgehead atoms. The highest BCUT2D eigenvalue weighted by Gasteiger charge is 2.50. The maximum Gasteiger partial charge on any atom is 0.237 e. The molecule has 0 radical (unpaired) electrons. The summed E-state index contributed by atoms with van der Waals surface area (Å²) < 4.78 is 0. The van der Waals surface area contributed by atoms with Crippen molar-refractivity contribution in [1.29, 1.82) is 0 Å². The Bertz CT molecular complexity index is 825. The van der Waals surface area contributed by atoms with Crippen LogP contribution in [0.4, 0.5) is 11.5 Å². The molecule has 2 heterocycles. The van der Waals surface area contributed by atoms with Crippen LogP contribution in [0, 0.1) is 0 Å². The molecule has 0 saturated carbocycles. The summed E-state index contributed by atoms with van der Waals surface area (Å²) in [5.74, 6) is 0.656. The van der Waals surface area contributed by atoms with Crippen molar-refractivity contribution in [2.45, 2.75) is 18.3 Å². The van der Waals surface area contributed by atoms with E-state index in [4.69, 9.17) is 5.53 Å². The van der Waals surface area contributed by atoms with E-state index in [9.17, 15) is 4.79 Å². The zero-order valence-electron chi connectivity index (χ0n) is 11.1. The highest BCUT2D eigenvalue weighted by molar-refractivity contribution is 6.06. The number of fused-ring (bicyclic) bond motifs is 3. The van der Waals surface area contributed by atoms with Crippen LogP contribution < -0.4 is 5.32 Å². The molecular formula is C15H11N5O. The minimum atomic E-state index is -0.569. The summed E-state index contributed by atoms with van der Waals surface area (Å²) in [5.41, 5.74) is 11.7. The summed E-state index contributed by atoms with van der Waals surface area (Å²) in [6, 6.07) is 9.41. The Hall–Kier alpha value is -2.85. The molecule has 1 spiro atoms. The number of nitrogens with zero attached hydrogens (tertiary/aromatic N) is 4. The Morgan fingerprint density at radius 3 is 3.00 bits per heavy atom. The third-order valence-electron chi connectivity index (χ3n) is 4.32. The number of anilines is 1. The first-order valence-corrected chi connectivity index (χ1v) is 6.67. The molecule has 0 saturated heterocycles. The van der Waals surface area contributed by atoms with Gasteiger partial charge in [-0.3, -0.25) is 4.79 Å². The topological polar surface area (TPSA) is 90.8 Å². The summed E-state index contributed by atoms with van der Waals surface area (Å²) in [6.07, 6.45) is 2.95. The normalized spacial score (nSPS) is 21.6. The second kappa shape index (κ2) is 4.07. The molecule has 1 aromatic carbocycles. The van der Waals surface area contributed by atoms with Gasteiger partial charge in [-0.05, 0) is 41.6 Å². The van der Waals surface area contributed by atoms with Crippen LogP contribution in [0.1, 0.15) is 16.7 Å². The molecule has 1 unspecified atom stereocenters. The number of nitrogens with one attached hydrogen (secondary N) is 1. The highest BCUT2D eigenvalue weighted by Crippen LogP contribution is 2.47. The molecule has 4 rings (SSSR count). The smallest absolute Gasteiger partial charge is 0.237 e. The predicted molar refractivity (Wildman–Crippen MR) is 77.2 cm³/mol. The minimum Gasteiger partial charge on any atom is -0.310 e.